The van der Waals surface area contributed by atoms with Gasteiger partial charge in [-0.05, 0) is 36.9 Å². The Bertz CT molecular complexity index is 408. The van der Waals surface area contributed by atoms with E-state index in [-0.39, 0.29) is 17.5 Å². The van der Waals surface area contributed by atoms with Gasteiger partial charge in [-0.2, -0.15) is 0 Å². The zero-order valence-corrected chi connectivity index (χ0v) is 8.02. The van der Waals surface area contributed by atoms with Crippen LogP contribution in [0.3, 0.4) is 0 Å². The van der Waals surface area contributed by atoms with Crippen LogP contribution in [0.15, 0.2) is 18.2 Å². The standard InChI is InChI=1S/C10H11FN2O2/c11-7-1-2-10(13(14)15)9(4-7)8-3-6(8)5-12/h1-2,4,6,8H,3,5,12H2/t6-,8+/m0/s1. The smallest absolute Gasteiger partial charge is 0.273 e. The Labute approximate surface area is 86.0 Å². The first kappa shape index (κ1) is 10.0. The van der Waals surface area contributed by atoms with Gasteiger partial charge in [-0.1, -0.05) is 0 Å². The van der Waals surface area contributed by atoms with Crippen LogP contribution in [0.2, 0.25) is 0 Å². The molecular formula is C10H11FN2O2. The molecule has 2 N–H and O–H groups in total. The summed E-state index contributed by atoms with van der Waals surface area (Å²) in [7, 11) is 0. The fourth-order valence-electron chi connectivity index (χ4n) is 1.88. The normalized spacial score (nSPS) is 23.9. The highest BCUT2D eigenvalue weighted by Gasteiger charge is 2.40. The molecule has 80 valence electrons. The van der Waals surface area contributed by atoms with Gasteiger partial charge in [0.1, 0.15) is 5.82 Å². The maximum absolute atomic E-state index is 13.0. The van der Waals surface area contributed by atoms with E-state index >= 15 is 0 Å². The Morgan fingerprint density at radius 2 is 2.33 bits per heavy atom. The number of rotatable bonds is 3. The van der Waals surface area contributed by atoms with Gasteiger partial charge in [0.2, 0.25) is 0 Å². The molecule has 4 nitrogen and oxygen atoms in total. The quantitative estimate of drug-likeness (QED) is 0.610. The lowest BCUT2D eigenvalue weighted by molar-refractivity contribution is -0.385. The minimum Gasteiger partial charge on any atom is -0.330 e. The largest absolute Gasteiger partial charge is 0.330 e. The summed E-state index contributed by atoms with van der Waals surface area (Å²) in [5.41, 5.74) is 5.94. The number of nitro groups is 1. The molecule has 0 spiro atoms. The van der Waals surface area contributed by atoms with Crippen molar-refractivity contribution in [2.75, 3.05) is 6.54 Å². The average Bonchev–Trinajstić information content (AvgIpc) is 2.95. The van der Waals surface area contributed by atoms with E-state index < -0.39 is 10.7 Å². The Balaban J connectivity index is 2.36. The number of hydrogen-bond acceptors (Lipinski definition) is 3. The van der Waals surface area contributed by atoms with E-state index in [1.165, 1.54) is 12.1 Å². The van der Waals surface area contributed by atoms with E-state index in [1.807, 2.05) is 0 Å². The van der Waals surface area contributed by atoms with Crippen LogP contribution in [0.4, 0.5) is 10.1 Å². The summed E-state index contributed by atoms with van der Waals surface area (Å²) >= 11 is 0. The fraction of sp³-hybridized carbons (Fsp3) is 0.400. The zero-order valence-electron chi connectivity index (χ0n) is 8.02. The maximum atomic E-state index is 13.0. The summed E-state index contributed by atoms with van der Waals surface area (Å²) in [5, 5.41) is 10.7. The van der Waals surface area contributed by atoms with Crippen LogP contribution in [-0.4, -0.2) is 11.5 Å². The third kappa shape index (κ3) is 1.83. The van der Waals surface area contributed by atoms with Crippen molar-refractivity contribution in [1.29, 1.82) is 0 Å². The van der Waals surface area contributed by atoms with Gasteiger partial charge in [0.25, 0.3) is 5.69 Å². The Morgan fingerprint density at radius 3 is 2.87 bits per heavy atom. The number of nitrogens with zero attached hydrogens (tertiary/aromatic N) is 1. The molecule has 2 atom stereocenters. The van der Waals surface area contributed by atoms with E-state index in [0.29, 0.717) is 12.1 Å². The molecule has 0 aliphatic heterocycles. The number of halogens is 1. The molecule has 2 rings (SSSR count). The molecule has 0 unspecified atom stereocenters. The minimum atomic E-state index is -0.472. The third-order valence-corrected chi connectivity index (χ3v) is 2.81. The van der Waals surface area contributed by atoms with E-state index in [2.05, 4.69) is 0 Å². The van der Waals surface area contributed by atoms with Crippen LogP contribution in [0.5, 0.6) is 0 Å². The van der Waals surface area contributed by atoms with Crippen molar-refractivity contribution in [3.8, 4) is 0 Å². The molecule has 0 bridgehead atoms. The van der Waals surface area contributed by atoms with Crippen molar-refractivity contribution in [3.63, 3.8) is 0 Å². The molecule has 0 saturated heterocycles. The number of benzene rings is 1. The van der Waals surface area contributed by atoms with Crippen LogP contribution in [-0.2, 0) is 0 Å². The number of hydrogen-bond donors (Lipinski definition) is 1. The first-order chi connectivity index (χ1) is 7.13. The van der Waals surface area contributed by atoms with Gasteiger partial charge in [0.15, 0.2) is 0 Å². The van der Waals surface area contributed by atoms with E-state index in [4.69, 9.17) is 5.73 Å². The highest BCUT2D eigenvalue weighted by molar-refractivity contribution is 5.45. The topological polar surface area (TPSA) is 69.2 Å². The SMILES string of the molecule is NC[C@@H]1C[C@H]1c1cc(F)ccc1[N+](=O)[O-]. The lowest BCUT2D eigenvalue weighted by Gasteiger charge is -2.01. The average molecular weight is 210 g/mol. The molecule has 0 heterocycles. The molecule has 15 heavy (non-hydrogen) atoms. The number of nitrogens with two attached hydrogens (primary N) is 1. The first-order valence-corrected chi connectivity index (χ1v) is 4.77. The van der Waals surface area contributed by atoms with Crippen molar-refractivity contribution < 1.29 is 9.31 Å². The summed E-state index contributed by atoms with van der Waals surface area (Å²) in [4.78, 5) is 10.2. The summed E-state index contributed by atoms with van der Waals surface area (Å²) in [5.74, 6) is -0.102. The Kier molecular flexibility index (Phi) is 2.40. The Morgan fingerprint density at radius 1 is 1.60 bits per heavy atom. The van der Waals surface area contributed by atoms with E-state index in [0.717, 1.165) is 12.5 Å². The fourth-order valence-corrected chi connectivity index (χ4v) is 1.88. The lowest BCUT2D eigenvalue weighted by atomic mass is 10.1. The molecular weight excluding hydrogens is 199 g/mol. The van der Waals surface area contributed by atoms with Crippen molar-refractivity contribution in [2.24, 2.45) is 11.7 Å². The molecule has 1 aliphatic rings. The molecule has 1 fully saturated rings. The molecule has 5 heteroatoms. The molecule has 0 radical (unpaired) electrons. The van der Waals surface area contributed by atoms with Gasteiger partial charge in [-0.25, -0.2) is 4.39 Å². The van der Waals surface area contributed by atoms with E-state index in [1.54, 1.807) is 0 Å². The van der Waals surface area contributed by atoms with Crippen molar-refractivity contribution in [3.05, 3.63) is 39.7 Å². The maximum Gasteiger partial charge on any atom is 0.273 e. The van der Waals surface area contributed by atoms with Crippen LogP contribution >= 0.6 is 0 Å². The summed E-state index contributed by atoms with van der Waals surface area (Å²) in [6, 6.07) is 3.58. The van der Waals surface area contributed by atoms with Crippen molar-refractivity contribution >= 4 is 5.69 Å². The monoisotopic (exact) mass is 210 g/mol. The van der Waals surface area contributed by atoms with Crippen molar-refractivity contribution in [2.45, 2.75) is 12.3 Å². The van der Waals surface area contributed by atoms with Crippen LogP contribution in [0.25, 0.3) is 0 Å². The summed E-state index contributed by atoms with van der Waals surface area (Å²) < 4.78 is 13.0. The van der Waals surface area contributed by atoms with Gasteiger partial charge in [-0.15, -0.1) is 0 Å². The summed E-state index contributed by atoms with van der Waals surface area (Å²) in [6.07, 6.45) is 0.820. The first-order valence-electron chi connectivity index (χ1n) is 4.77. The predicted molar refractivity (Wildman–Crippen MR) is 53.0 cm³/mol. The van der Waals surface area contributed by atoms with Gasteiger partial charge in [0, 0.05) is 11.6 Å². The molecule has 0 amide bonds. The third-order valence-electron chi connectivity index (χ3n) is 2.81. The predicted octanol–water partition coefficient (Wildman–Crippen LogP) is 1.80. The molecule has 1 aliphatic carbocycles. The number of nitro benzene ring substituents is 1. The molecule has 1 saturated carbocycles. The van der Waals surface area contributed by atoms with Crippen LogP contribution in [0.1, 0.15) is 17.9 Å². The lowest BCUT2D eigenvalue weighted by Crippen LogP contribution is -2.03. The minimum absolute atomic E-state index is 0.00245. The highest BCUT2D eigenvalue weighted by atomic mass is 19.1. The van der Waals surface area contributed by atoms with Gasteiger partial charge in [-0.3, -0.25) is 10.1 Å². The Hall–Kier alpha value is -1.49. The molecule has 0 aromatic heterocycles. The van der Waals surface area contributed by atoms with Gasteiger partial charge in [0.05, 0.1) is 4.92 Å². The van der Waals surface area contributed by atoms with E-state index in [9.17, 15) is 14.5 Å². The second-order valence-corrected chi connectivity index (χ2v) is 3.80. The van der Waals surface area contributed by atoms with Gasteiger partial charge < -0.3 is 5.73 Å². The second-order valence-electron chi connectivity index (χ2n) is 3.80. The second kappa shape index (κ2) is 3.58. The van der Waals surface area contributed by atoms with Gasteiger partial charge >= 0.3 is 0 Å². The zero-order chi connectivity index (χ0) is 11.0. The highest BCUT2D eigenvalue weighted by Crippen LogP contribution is 2.49. The molecule has 1 aromatic rings. The summed E-state index contributed by atoms with van der Waals surface area (Å²) in [6.45, 7) is 0.498. The van der Waals surface area contributed by atoms with Crippen LogP contribution < -0.4 is 5.73 Å². The van der Waals surface area contributed by atoms with Crippen LogP contribution in [0, 0.1) is 21.8 Å². The van der Waals surface area contributed by atoms with Crippen molar-refractivity contribution in [1.82, 2.24) is 0 Å². The molecule has 1 aromatic carbocycles.